The number of nitrogens with one attached hydrogen (secondary N) is 1. The van der Waals surface area contributed by atoms with Crippen LogP contribution in [-0.4, -0.2) is 52.1 Å². The summed E-state index contributed by atoms with van der Waals surface area (Å²) in [5, 5.41) is 4.32. The Bertz CT molecular complexity index is 945. The fourth-order valence-electron chi connectivity index (χ4n) is 4.99. The van der Waals surface area contributed by atoms with E-state index in [1.807, 2.05) is 55.7 Å². The topological polar surface area (TPSA) is 63.6 Å². The van der Waals surface area contributed by atoms with Crippen LogP contribution >= 0.6 is 0 Å². The van der Waals surface area contributed by atoms with E-state index in [1.165, 1.54) is 6.42 Å². The summed E-state index contributed by atoms with van der Waals surface area (Å²) in [5.41, 5.74) is 0.737. The molecule has 2 amide bonds. The van der Waals surface area contributed by atoms with Crippen molar-refractivity contribution < 1.29 is 14.3 Å². The highest BCUT2D eigenvalue weighted by Crippen LogP contribution is 2.33. The number of benzene rings is 1. The molecule has 2 heterocycles. The maximum atomic E-state index is 13.6. The average molecular weight is 426 g/mol. The molecule has 1 N–H and O–H groups in total. The maximum absolute atomic E-state index is 13.6. The molecule has 2 aromatic rings. The van der Waals surface area contributed by atoms with Crippen molar-refractivity contribution in [1.29, 1.82) is 0 Å². The summed E-state index contributed by atoms with van der Waals surface area (Å²) in [4.78, 5) is 29.0. The summed E-state index contributed by atoms with van der Waals surface area (Å²) in [6.45, 7) is 7.47. The van der Waals surface area contributed by atoms with Crippen molar-refractivity contribution >= 4 is 22.7 Å². The molecule has 0 unspecified atom stereocenters. The zero-order valence-corrected chi connectivity index (χ0v) is 19.0. The lowest BCUT2D eigenvalue weighted by atomic mass is 9.91. The van der Waals surface area contributed by atoms with Gasteiger partial charge in [-0.1, -0.05) is 37.5 Å². The lowest BCUT2D eigenvalue weighted by Crippen LogP contribution is -2.65. The number of hydrogen-bond acceptors (Lipinski definition) is 3. The molecule has 1 aliphatic heterocycles. The van der Waals surface area contributed by atoms with Crippen molar-refractivity contribution in [3.05, 3.63) is 36.0 Å². The third-order valence-electron chi connectivity index (χ3n) is 6.74. The monoisotopic (exact) mass is 425 g/mol. The van der Waals surface area contributed by atoms with Crippen LogP contribution in [-0.2, 0) is 16.1 Å². The molecule has 1 aromatic carbocycles. The first-order chi connectivity index (χ1) is 14.9. The number of aromatic nitrogens is 1. The van der Waals surface area contributed by atoms with Crippen LogP contribution in [0.15, 0.2) is 30.3 Å². The largest absolute Gasteiger partial charge is 0.379 e. The van der Waals surface area contributed by atoms with Crippen LogP contribution in [0, 0.1) is 0 Å². The molecule has 6 heteroatoms. The zero-order chi connectivity index (χ0) is 22.0. The highest BCUT2D eigenvalue weighted by molar-refractivity contribution is 6.03. The Balaban J connectivity index is 1.63. The van der Waals surface area contributed by atoms with Crippen molar-refractivity contribution in [2.75, 3.05) is 13.2 Å². The molecule has 1 fully saturated rings. The predicted molar refractivity (Wildman–Crippen MR) is 122 cm³/mol. The molecule has 4 rings (SSSR count). The number of carbonyl (C=O) groups is 2. The summed E-state index contributed by atoms with van der Waals surface area (Å²) in [6, 6.07) is 10.2. The van der Waals surface area contributed by atoms with Crippen LogP contribution < -0.4 is 5.32 Å². The van der Waals surface area contributed by atoms with E-state index < -0.39 is 5.54 Å². The van der Waals surface area contributed by atoms with E-state index in [1.54, 1.807) is 4.90 Å². The van der Waals surface area contributed by atoms with E-state index in [-0.39, 0.29) is 24.0 Å². The first kappa shape index (κ1) is 21.9. The SMILES string of the molecule is CC(C)OCCCN1C(=O)c2cc3ccccc3n2C[C@]1(C)C(=O)NC1CCCCC1. The minimum Gasteiger partial charge on any atom is -0.379 e. The molecule has 168 valence electrons. The van der Waals surface area contributed by atoms with E-state index in [0.717, 1.165) is 36.6 Å². The Morgan fingerprint density at radius 1 is 1.23 bits per heavy atom. The third kappa shape index (κ3) is 4.36. The normalized spacial score (nSPS) is 22.2. The standard InChI is InChI=1S/C25H35N3O3/c1-18(2)31-15-9-14-28-23(29)22-16-19-10-7-8-13-21(19)27(22)17-25(28,3)24(30)26-20-11-5-4-6-12-20/h7-8,10,13,16,18,20H,4-6,9,11-12,14-15,17H2,1-3H3,(H,26,30)/t25-/m1/s1. The van der Waals surface area contributed by atoms with Gasteiger partial charge in [-0.05, 0) is 52.2 Å². The first-order valence-electron chi connectivity index (χ1n) is 11.7. The lowest BCUT2D eigenvalue weighted by molar-refractivity contribution is -0.134. The molecule has 0 radical (unpaired) electrons. The van der Waals surface area contributed by atoms with Gasteiger partial charge in [0.15, 0.2) is 0 Å². The van der Waals surface area contributed by atoms with Crippen LogP contribution in [0.2, 0.25) is 0 Å². The summed E-state index contributed by atoms with van der Waals surface area (Å²) >= 11 is 0. The molecule has 2 aliphatic rings. The molecule has 1 aliphatic carbocycles. The Morgan fingerprint density at radius 2 is 1.97 bits per heavy atom. The number of ether oxygens (including phenoxy) is 1. The van der Waals surface area contributed by atoms with Gasteiger partial charge in [0.2, 0.25) is 5.91 Å². The molecule has 0 saturated heterocycles. The van der Waals surface area contributed by atoms with Gasteiger partial charge in [-0.2, -0.15) is 0 Å². The van der Waals surface area contributed by atoms with Crippen LogP contribution in [0.5, 0.6) is 0 Å². The first-order valence-corrected chi connectivity index (χ1v) is 11.7. The summed E-state index contributed by atoms with van der Waals surface area (Å²) in [6.07, 6.45) is 6.46. The molecule has 1 aromatic heterocycles. The van der Waals surface area contributed by atoms with Crippen LogP contribution in [0.25, 0.3) is 10.9 Å². The minimum atomic E-state index is -0.929. The van der Waals surface area contributed by atoms with Gasteiger partial charge in [0, 0.05) is 30.1 Å². The smallest absolute Gasteiger partial charge is 0.271 e. The number of amides is 2. The van der Waals surface area contributed by atoms with Gasteiger partial charge < -0.3 is 19.5 Å². The summed E-state index contributed by atoms with van der Waals surface area (Å²) < 4.78 is 7.72. The van der Waals surface area contributed by atoms with Gasteiger partial charge in [0.25, 0.3) is 5.91 Å². The molecular formula is C25H35N3O3. The molecule has 0 bridgehead atoms. The third-order valence-corrected chi connectivity index (χ3v) is 6.74. The van der Waals surface area contributed by atoms with E-state index >= 15 is 0 Å². The lowest BCUT2D eigenvalue weighted by Gasteiger charge is -2.45. The van der Waals surface area contributed by atoms with Gasteiger partial charge in [0.05, 0.1) is 12.6 Å². The Kier molecular flexibility index (Phi) is 6.37. The predicted octanol–water partition coefficient (Wildman–Crippen LogP) is 4.12. The van der Waals surface area contributed by atoms with Crippen molar-refractivity contribution in [1.82, 2.24) is 14.8 Å². The van der Waals surface area contributed by atoms with Gasteiger partial charge >= 0.3 is 0 Å². The number of hydrogen-bond donors (Lipinski definition) is 1. The Hall–Kier alpha value is -2.34. The second-order valence-electron chi connectivity index (χ2n) is 9.49. The fourth-order valence-corrected chi connectivity index (χ4v) is 4.99. The highest BCUT2D eigenvalue weighted by Gasteiger charge is 2.47. The summed E-state index contributed by atoms with van der Waals surface area (Å²) in [7, 11) is 0. The Labute approximate surface area is 184 Å². The Morgan fingerprint density at radius 3 is 2.71 bits per heavy atom. The average Bonchev–Trinajstić information content (AvgIpc) is 3.12. The van der Waals surface area contributed by atoms with Crippen LogP contribution in [0.1, 0.15) is 69.8 Å². The molecular weight excluding hydrogens is 390 g/mol. The molecule has 31 heavy (non-hydrogen) atoms. The van der Waals surface area contributed by atoms with Crippen molar-refractivity contribution in [2.45, 2.75) is 83.5 Å². The molecule has 6 nitrogen and oxygen atoms in total. The molecule has 1 atom stereocenters. The number of para-hydroxylation sites is 1. The van der Waals surface area contributed by atoms with Gasteiger partial charge in [-0.3, -0.25) is 9.59 Å². The number of carbonyl (C=O) groups excluding carboxylic acids is 2. The van der Waals surface area contributed by atoms with E-state index in [2.05, 4.69) is 5.32 Å². The maximum Gasteiger partial charge on any atom is 0.271 e. The number of rotatable bonds is 7. The molecule has 1 saturated carbocycles. The zero-order valence-electron chi connectivity index (χ0n) is 19.0. The van der Waals surface area contributed by atoms with Crippen LogP contribution in [0.4, 0.5) is 0 Å². The second-order valence-corrected chi connectivity index (χ2v) is 9.49. The number of fused-ring (bicyclic) bond motifs is 3. The molecule has 0 spiro atoms. The van der Waals surface area contributed by atoms with Crippen molar-refractivity contribution in [3.8, 4) is 0 Å². The van der Waals surface area contributed by atoms with Crippen molar-refractivity contribution in [2.24, 2.45) is 0 Å². The van der Waals surface area contributed by atoms with Crippen molar-refractivity contribution in [3.63, 3.8) is 0 Å². The fraction of sp³-hybridized carbons (Fsp3) is 0.600. The van der Waals surface area contributed by atoms with Crippen LogP contribution in [0.3, 0.4) is 0 Å². The van der Waals surface area contributed by atoms with E-state index in [4.69, 9.17) is 4.74 Å². The van der Waals surface area contributed by atoms with Gasteiger partial charge in [-0.25, -0.2) is 0 Å². The number of nitrogens with zero attached hydrogens (tertiary/aromatic N) is 2. The van der Waals surface area contributed by atoms with Gasteiger partial charge in [-0.15, -0.1) is 0 Å². The van der Waals surface area contributed by atoms with E-state index in [0.29, 0.717) is 31.8 Å². The minimum absolute atomic E-state index is 0.0408. The summed E-state index contributed by atoms with van der Waals surface area (Å²) in [5.74, 6) is -0.116. The van der Waals surface area contributed by atoms with E-state index in [9.17, 15) is 9.59 Å². The second kappa shape index (κ2) is 9.03. The van der Waals surface area contributed by atoms with Gasteiger partial charge in [0.1, 0.15) is 11.2 Å². The highest BCUT2D eigenvalue weighted by atomic mass is 16.5. The quantitative estimate of drug-likeness (QED) is 0.679.